The Morgan fingerprint density at radius 3 is 2.33 bits per heavy atom. The van der Waals surface area contributed by atoms with E-state index in [1.54, 1.807) is 19.1 Å². The van der Waals surface area contributed by atoms with Crippen LogP contribution in [0.5, 0.6) is 17.2 Å². The molecule has 0 radical (unpaired) electrons. The predicted octanol–water partition coefficient (Wildman–Crippen LogP) is 3.24. The zero-order chi connectivity index (χ0) is 24.0. The molecular formula is C22H21N3O8. The van der Waals surface area contributed by atoms with Gasteiger partial charge in [0.25, 0.3) is 5.69 Å². The second-order valence-electron chi connectivity index (χ2n) is 6.56. The third-order valence-electron chi connectivity index (χ3n) is 4.54. The summed E-state index contributed by atoms with van der Waals surface area (Å²) in [7, 11) is 2.95. The Hall–Kier alpha value is -4.41. The van der Waals surface area contributed by atoms with Gasteiger partial charge in [-0.15, -0.1) is 0 Å². The van der Waals surface area contributed by atoms with Crippen molar-refractivity contribution in [2.75, 3.05) is 27.4 Å². The molecule has 3 aromatic rings. The number of hydrogen-bond acceptors (Lipinski definition) is 9. The maximum atomic E-state index is 12.6. The molecule has 3 rings (SSSR count). The van der Waals surface area contributed by atoms with Crippen LogP contribution < -0.4 is 14.2 Å². The number of Topliss-reactive ketones (excluding diaryl/α,β-unsaturated/α-hetero) is 1. The van der Waals surface area contributed by atoms with Gasteiger partial charge in [-0.05, 0) is 37.3 Å². The molecule has 0 aliphatic heterocycles. The number of rotatable bonds is 10. The van der Waals surface area contributed by atoms with Gasteiger partial charge in [-0.3, -0.25) is 14.9 Å². The van der Waals surface area contributed by atoms with Crippen molar-refractivity contribution in [2.24, 2.45) is 0 Å². The molecule has 0 aliphatic rings. The van der Waals surface area contributed by atoms with E-state index in [0.717, 1.165) is 0 Å². The fourth-order valence-corrected chi connectivity index (χ4v) is 2.90. The molecule has 0 amide bonds. The summed E-state index contributed by atoms with van der Waals surface area (Å²) in [5.74, 6) is -0.202. The summed E-state index contributed by atoms with van der Waals surface area (Å²) in [6.45, 7) is 1.38. The first-order chi connectivity index (χ1) is 15.9. The fraction of sp³-hybridized carbons (Fsp3) is 0.227. The van der Waals surface area contributed by atoms with Gasteiger partial charge in [-0.2, -0.15) is 5.10 Å². The summed E-state index contributed by atoms with van der Waals surface area (Å²) < 4.78 is 22.3. The van der Waals surface area contributed by atoms with Crippen LogP contribution in [0.1, 0.15) is 27.8 Å². The molecule has 0 spiro atoms. The van der Waals surface area contributed by atoms with Crippen LogP contribution in [0.15, 0.2) is 48.7 Å². The molecule has 0 aliphatic carbocycles. The average Bonchev–Trinajstić information content (AvgIpc) is 3.26. The van der Waals surface area contributed by atoms with E-state index < -0.39 is 10.9 Å². The van der Waals surface area contributed by atoms with Crippen LogP contribution in [0.4, 0.5) is 5.69 Å². The van der Waals surface area contributed by atoms with Crippen molar-refractivity contribution in [3.63, 3.8) is 0 Å². The molecule has 1 heterocycles. The number of methoxy groups -OCH3 is 2. The van der Waals surface area contributed by atoms with E-state index in [0.29, 0.717) is 22.7 Å². The summed E-state index contributed by atoms with van der Waals surface area (Å²) in [6.07, 6.45) is 1.40. The van der Waals surface area contributed by atoms with Gasteiger partial charge in [0.05, 0.1) is 37.6 Å². The minimum atomic E-state index is -0.730. The zero-order valence-electron chi connectivity index (χ0n) is 18.1. The lowest BCUT2D eigenvalue weighted by Crippen LogP contribution is -2.14. The van der Waals surface area contributed by atoms with E-state index >= 15 is 0 Å². The zero-order valence-corrected chi connectivity index (χ0v) is 18.1. The van der Waals surface area contributed by atoms with Gasteiger partial charge in [0.2, 0.25) is 5.69 Å². The van der Waals surface area contributed by atoms with E-state index in [1.165, 1.54) is 55.4 Å². The van der Waals surface area contributed by atoms with Crippen LogP contribution in [-0.4, -0.2) is 53.9 Å². The van der Waals surface area contributed by atoms with Crippen LogP contribution in [0.25, 0.3) is 5.69 Å². The van der Waals surface area contributed by atoms with Gasteiger partial charge in [-0.1, -0.05) is 0 Å². The standard InChI is InChI=1S/C22H21N3O8/c1-4-32-22(27)21-20(12-24(23-21)15-6-8-16(9-7-15)25(28)29)33-13-17(26)14-5-10-18(30-2)19(11-14)31-3/h5-12H,4,13H2,1-3H3. The number of esters is 1. The minimum Gasteiger partial charge on any atom is -0.493 e. The molecule has 1 aromatic heterocycles. The van der Waals surface area contributed by atoms with Gasteiger partial charge in [-0.25, -0.2) is 9.48 Å². The van der Waals surface area contributed by atoms with E-state index in [1.807, 2.05) is 0 Å². The monoisotopic (exact) mass is 455 g/mol. The summed E-state index contributed by atoms with van der Waals surface area (Å²) in [4.78, 5) is 35.3. The second-order valence-corrected chi connectivity index (χ2v) is 6.56. The molecule has 11 heteroatoms. The largest absolute Gasteiger partial charge is 0.493 e. The highest BCUT2D eigenvalue weighted by Crippen LogP contribution is 2.28. The Morgan fingerprint density at radius 2 is 1.73 bits per heavy atom. The molecule has 0 saturated heterocycles. The predicted molar refractivity (Wildman–Crippen MR) is 116 cm³/mol. The number of carbonyl (C=O) groups excluding carboxylic acids is 2. The first-order valence-electron chi connectivity index (χ1n) is 9.77. The van der Waals surface area contributed by atoms with E-state index in [2.05, 4.69) is 5.10 Å². The van der Waals surface area contributed by atoms with Gasteiger partial charge in [0, 0.05) is 17.7 Å². The van der Waals surface area contributed by atoms with Crippen molar-refractivity contribution in [3.05, 3.63) is 70.0 Å². The number of benzene rings is 2. The normalized spacial score (nSPS) is 10.4. The Bertz CT molecular complexity index is 1170. The molecule has 33 heavy (non-hydrogen) atoms. The Labute approximate surface area is 188 Å². The summed E-state index contributed by atoms with van der Waals surface area (Å²) >= 11 is 0. The molecule has 0 saturated carbocycles. The van der Waals surface area contributed by atoms with Crippen LogP contribution in [-0.2, 0) is 4.74 Å². The summed E-state index contributed by atoms with van der Waals surface area (Å²) in [5.41, 5.74) is 0.559. The molecule has 11 nitrogen and oxygen atoms in total. The maximum absolute atomic E-state index is 12.6. The quantitative estimate of drug-likeness (QED) is 0.196. The van der Waals surface area contributed by atoms with E-state index in [-0.39, 0.29) is 36.1 Å². The number of aromatic nitrogens is 2. The first kappa shape index (κ1) is 23.3. The Kier molecular flexibility index (Phi) is 7.24. The van der Waals surface area contributed by atoms with Crippen LogP contribution in [0.3, 0.4) is 0 Å². The van der Waals surface area contributed by atoms with Crippen molar-refractivity contribution in [1.29, 1.82) is 0 Å². The number of hydrogen-bond donors (Lipinski definition) is 0. The average molecular weight is 455 g/mol. The topological polar surface area (TPSA) is 132 Å². The summed E-state index contributed by atoms with van der Waals surface area (Å²) in [6, 6.07) is 10.3. The molecule has 0 unspecified atom stereocenters. The highest BCUT2D eigenvalue weighted by atomic mass is 16.6. The van der Waals surface area contributed by atoms with Crippen molar-refractivity contribution in [1.82, 2.24) is 9.78 Å². The highest BCUT2D eigenvalue weighted by molar-refractivity contribution is 5.98. The molecule has 2 aromatic carbocycles. The number of nitro groups is 1. The number of ether oxygens (including phenoxy) is 4. The SMILES string of the molecule is CCOC(=O)c1nn(-c2ccc([N+](=O)[O-])cc2)cc1OCC(=O)c1ccc(OC)c(OC)c1. The number of nitro benzene ring substituents is 1. The molecular weight excluding hydrogens is 434 g/mol. The molecule has 0 N–H and O–H groups in total. The smallest absolute Gasteiger partial charge is 0.362 e. The van der Waals surface area contributed by atoms with Crippen molar-refractivity contribution >= 4 is 17.4 Å². The molecule has 0 atom stereocenters. The van der Waals surface area contributed by atoms with Crippen molar-refractivity contribution in [3.8, 4) is 22.9 Å². The lowest BCUT2D eigenvalue weighted by Gasteiger charge is -2.09. The number of nitrogens with zero attached hydrogens (tertiary/aromatic N) is 3. The lowest BCUT2D eigenvalue weighted by molar-refractivity contribution is -0.384. The number of non-ortho nitro benzene ring substituents is 1. The number of ketones is 1. The second kappa shape index (κ2) is 10.3. The van der Waals surface area contributed by atoms with Gasteiger partial charge < -0.3 is 18.9 Å². The minimum absolute atomic E-state index is 0.0284. The summed E-state index contributed by atoms with van der Waals surface area (Å²) in [5, 5.41) is 15.0. The molecule has 0 fully saturated rings. The maximum Gasteiger partial charge on any atom is 0.362 e. The van der Waals surface area contributed by atoms with Crippen LogP contribution in [0, 0.1) is 10.1 Å². The Morgan fingerprint density at radius 1 is 1.03 bits per heavy atom. The van der Waals surface area contributed by atoms with Gasteiger partial charge in [0.1, 0.15) is 0 Å². The Balaban J connectivity index is 1.84. The van der Waals surface area contributed by atoms with E-state index in [4.69, 9.17) is 18.9 Å². The third-order valence-corrected chi connectivity index (χ3v) is 4.54. The fourth-order valence-electron chi connectivity index (χ4n) is 2.90. The first-order valence-corrected chi connectivity index (χ1v) is 9.77. The van der Waals surface area contributed by atoms with Crippen molar-refractivity contribution < 1.29 is 33.5 Å². The van der Waals surface area contributed by atoms with Crippen LogP contribution in [0.2, 0.25) is 0 Å². The van der Waals surface area contributed by atoms with Gasteiger partial charge in [0.15, 0.2) is 29.6 Å². The van der Waals surface area contributed by atoms with E-state index in [9.17, 15) is 19.7 Å². The van der Waals surface area contributed by atoms with Crippen LogP contribution >= 0.6 is 0 Å². The highest BCUT2D eigenvalue weighted by Gasteiger charge is 2.22. The van der Waals surface area contributed by atoms with Crippen molar-refractivity contribution in [2.45, 2.75) is 6.92 Å². The van der Waals surface area contributed by atoms with Gasteiger partial charge >= 0.3 is 5.97 Å². The molecule has 172 valence electrons. The lowest BCUT2D eigenvalue weighted by atomic mass is 10.1. The third kappa shape index (κ3) is 5.26. The number of carbonyl (C=O) groups is 2. The molecule has 0 bridgehead atoms.